The molecule has 0 spiro atoms. The smallest absolute Gasteiger partial charge is 0.191 e. The Morgan fingerprint density at radius 2 is 2.19 bits per heavy atom. The van der Waals surface area contributed by atoms with Gasteiger partial charge in [0.25, 0.3) is 0 Å². The number of hydrogen-bond donors (Lipinski definition) is 2. The first-order valence-electron chi connectivity index (χ1n) is 9.58. The van der Waals surface area contributed by atoms with E-state index >= 15 is 0 Å². The molecule has 0 amide bonds. The van der Waals surface area contributed by atoms with Crippen molar-refractivity contribution in [3.63, 3.8) is 0 Å². The van der Waals surface area contributed by atoms with Gasteiger partial charge in [0.2, 0.25) is 0 Å². The maximum Gasteiger partial charge on any atom is 0.191 e. The Morgan fingerprint density at radius 1 is 1.41 bits per heavy atom. The monoisotopic (exact) mass is 490 g/mol. The first-order chi connectivity index (χ1) is 12.5. The van der Waals surface area contributed by atoms with Crippen LogP contribution in [0.5, 0.6) is 0 Å². The second kappa shape index (κ2) is 10.0. The molecule has 1 aromatic carbocycles. The summed E-state index contributed by atoms with van der Waals surface area (Å²) in [5, 5.41) is 6.87. The summed E-state index contributed by atoms with van der Waals surface area (Å²) < 4.78 is 19.1. The summed E-state index contributed by atoms with van der Waals surface area (Å²) in [5.41, 5.74) is 1.13. The van der Waals surface area contributed by atoms with Crippen molar-refractivity contribution in [2.24, 2.45) is 4.99 Å². The number of rotatable bonds is 6. The van der Waals surface area contributed by atoms with Crippen molar-refractivity contribution in [3.8, 4) is 0 Å². The van der Waals surface area contributed by atoms with Crippen LogP contribution in [0.4, 0.5) is 4.39 Å². The van der Waals surface area contributed by atoms with E-state index in [1.807, 2.05) is 6.07 Å². The van der Waals surface area contributed by atoms with Crippen LogP contribution in [-0.2, 0) is 10.2 Å². The zero-order valence-corrected chi connectivity index (χ0v) is 18.8. The Kier molecular flexibility index (Phi) is 8.30. The van der Waals surface area contributed by atoms with E-state index in [0.29, 0.717) is 12.1 Å². The Bertz CT molecular complexity index is 638. The molecule has 0 radical (unpaired) electrons. The van der Waals surface area contributed by atoms with Gasteiger partial charge in [0.15, 0.2) is 5.96 Å². The van der Waals surface area contributed by atoms with Crippen LogP contribution in [-0.4, -0.2) is 62.8 Å². The van der Waals surface area contributed by atoms with Gasteiger partial charge in [-0.2, -0.15) is 0 Å². The third-order valence-corrected chi connectivity index (χ3v) is 5.66. The Morgan fingerprint density at radius 3 is 2.81 bits per heavy atom. The summed E-state index contributed by atoms with van der Waals surface area (Å²) in [5.74, 6) is 0.644. The molecular formula is C20H32FIN4O. The van der Waals surface area contributed by atoms with Crippen molar-refractivity contribution in [1.82, 2.24) is 15.5 Å². The van der Waals surface area contributed by atoms with Gasteiger partial charge in [0, 0.05) is 44.2 Å². The average molecular weight is 490 g/mol. The number of ether oxygens (including phenoxy) is 1. The van der Waals surface area contributed by atoms with Crippen molar-refractivity contribution in [3.05, 3.63) is 35.6 Å². The third-order valence-electron chi connectivity index (χ3n) is 5.66. The number of halogens is 2. The van der Waals surface area contributed by atoms with Crippen LogP contribution in [0.1, 0.15) is 32.3 Å². The van der Waals surface area contributed by atoms with E-state index in [-0.39, 0.29) is 35.2 Å². The molecule has 1 saturated carbocycles. The Labute approximate surface area is 179 Å². The fourth-order valence-electron chi connectivity index (χ4n) is 3.77. The van der Waals surface area contributed by atoms with Gasteiger partial charge in [-0.15, -0.1) is 24.0 Å². The van der Waals surface area contributed by atoms with Crippen LogP contribution in [0, 0.1) is 5.82 Å². The van der Waals surface area contributed by atoms with Crippen molar-refractivity contribution < 1.29 is 9.13 Å². The molecule has 27 heavy (non-hydrogen) atoms. The van der Waals surface area contributed by atoms with Crippen LogP contribution < -0.4 is 10.6 Å². The van der Waals surface area contributed by atoms with Gasteiger partial charge in [-0.3, -0.25) is 9.89 Å². The lowest BCUT2D eigenvalue weighted by Gasteiger charge is -2.38. The van der Waals surface area contributed by atoms with E-state index in [0.717, 1.165) is 57.2 Å². The maximum absolute atomic E-state index is 13.5. The van der Waals surface area contributed by atoms with Crippen LogP contribution >= 0.6 is 24.0 Å². The fraction of sp³-hybridized carbons (Fsp3) is 0.650. The van der Waals surface area contributed by atoms with Crippen LogP contribution in [0.25, 0.3) is 0 Å². The molecule has 0 bridgehead atoms. The molecule has 1 aliphatic heterocycles. The zero-order valence-electron chi connectivity index (χ0n) is 16.5. The van der Waals surface area contributed by atoms with E-state index in [1.165, 1.54) is 6.07 Å². The fourth-order valence-corrected chi connectivity index (χ4v) is 3.77. The number of benzene rings is 1. The number of nitrogens with one attached hydrogen (secondary N) is 2. The molecule has 2 N–H and O–H groups in total. The zero-order chi connectivity index (χ0) is 18.6. The van der Waals surface area contributed by atoms with Crippen molar-refractivity contribution in [2.45, 2.75) is 44.2 Å². The van der Waals surface area contributed by atoms with E-state index in [2.05, 4.69) is 34.4 Å². The number of hydrogen-bond acceptors (Lipinski definition) is 3. The summed E-state index contributed by atoms with van der Waals surface area (Å²) >= 11 is 0. The van der Waals surface area contributed by atoms with E-state index < -0.39 is 0 Å². The molecule has 2 aliphatic rings. The predicted octanol–water partition coefficient (Wildman–Crippen LogP) is 2.75. The first-order valence-corrected chi connectivity index (χ1v) is 9.58. The van der Waals surface area contributed by atoms with Gasteiger partial charge in [0.1, 0.15) is 5.82 Å². The highest BCUT2D eigenvalue weighted by atomic mass is 127. The summed E-state index contributed by atoms with van der Waals surface area (Å²) in [6.45, 7) is 8.62. The van der Waals surface area contributed by atoms with E-state index in [9.17, 15) is 4.39 Å². The second-order valence-corrected chi connectivity index (χ2v) is 7.61. The minimum absolute atomic E-state index is 0. The first kappa shape index (κ1) is 22.4. The quantitative estimate of drug-likeness (QED) is 0.366. The highest BCUT2D eigenvalue weighted by Crippen LogP contribution is 2.47. The SMILES string of the molecule is CN=C(NCC(C)N1CCOCC1C)NCC1(c2cccc(F)c2)CC1.I. The molecule has 1 aromatic rings. The van der Waals surface area contributed by atoms with Crippen molar-refractivity contribution >= 4 is 29.9 Å². The second-order valence-electron chi connectivity index (χ2n) is 7.61. The summed E-state index contributed by atoms with van der Waals surface area (Å²) in [4.78, 5) is 6.81. The van der Waals surface area contributed by atoms with Gasteiger partial charge in [-0.1, -0.05) is 12.1 Å². The number of nitrogens with zero attached hydrogens (tertiary/aromatic N) is 2. The molecule has 1 heterocycles. The summed E-state index contributed by atoms with van der Waals surface area (Å²) in [7, 11) is 1.79. The molecule has 0 aromatic heterocycles. The minimum atomic E-state index is -0.162. The Balaban J connectivity index is 0.00000261. The minimum Gasteiger partial charge on any atom is -0.379 e. The highest BCUT2D eigenvalue weighted by molar-refractivity contribution is 14.0. The molecule has 1 saturated heterocycles. The molecule has 3 rings (SSSR count). The third kappa shape index (κ3) is 5.77. The molecule has 2 fully saturated rings. The molecular weight excluding hydrogens is 458 g/mol. The topological polar surface area (TPSA) is 48.9 Å². The number of aliphatic imine (C=N–C) groups is 1. The van der Waals surface area contributed by atoms with Gasteiger partial charge in [-0.05, 0) is 44.4 Å². The standard InChI is InChI=1S/C20H31FN4O.HI/c1-15(25-9-10-26-13-16(25)2)12-23-19(22-3)24-14-20(7-8-20)17-5-4-6-18(21)11-17;/h4-6,11,15-16H,7-10,12-14H2,1-3H3,(H2,22,23,24);1H. The predicted molar refractivity (Wildman–Crippen MR) is 119 cm³/mol. The summed E-state index contributed by atoms with van der Waals surface area (Å²) in [6.07, 6.45) is 2.17. The average Bonchev–Trinajstić information content (AvgIpc) is 3.43. The Hall–Kier alpha value is -0.930. The number of morpholine rings is 1. The largest absolute Gasteiger partial charge is 0.379 e. The normalized spacial score (nSPS) is 23.3. The molecule has 152 valence electrons. The van der Waals surface area contributed by atoms with E-state index in [4.69, 9.17) is 4.74 Å². The molecule has 1 aliphatic carbocycles. The molecule has 5 nitrogen and oxygen atoms in total. The summed E-state index contributed by atoms with van der Waals surface area (Å²) in [6, 6.07) is 7.83. The van der Waals surface area contributed by atoms with Crippen LogP contribution in [0.15, 0.2) is 29.3 Å². The van der Waals surface area contributed by atoms with Crippen molar-refractivity contribution in [2.75, 3.05) is 39.9 Å². The molecule has 2 atom stereocenters. The maximum atomic E-state index is 13.5. The van der Waals surface area contributed by atoms with Gasteiger partial charge < -0.3 is 15.4 Å². The van der Waals surface area contributed by atoms with E-state index in [1.54, 1.807) is 19.2 Å². The van der Waals surface area contributed by atoms with Crippen LogP contribution in [0.3, 0.4) is 0 Å². The lowest BCUT2D eigenvalue weighted by molar-refractivity contribution is -0.0174. The molecule has 2 unspecified atom stereocenters. The highest BCUT2D eigenvalue weighted by Gasteiger charge is 2.44. The van der Waals surface area contributed by atoms with Gasteiger partial charge in [0.05, 0.1) is 13.2 Å². The van der Waals surface area contributed by atoms with Crippen LogP contribution in [0.2, 0.25) is 0 Å². The van der Waals surface area contributed by atoms with Gasteiger partial charge in [-0.25, -0.2) is 4.39 Å². The lowest BCUT2D eigenvalue weighted by Crippen LogP contribution is -2.53. The molecule has 7 heteroatoms. The van der Waals surface area contributed by atoms with Crippen molar-refractivity contribution in [1.29, 1.82) is 0 Å². The lowest BCUT2D eigenvalue weighted by atomic mass is 9.96. The van der Waals surface area contributed by atoms with Gasteiger partial charge >= 0.3 is 0 Å². The number of guanidine groups is 1.